The van der Waals surface area contributed by atoms with Crippen molar-refractivity contribution in [3.63, 3.8) is 0 Å². The maximum Gasteiger partial charge on any atom is 0.194 e. The molecule has 2 aliphatic heterocycles. The molecule has 7 nitrogen and oxygen atoms in total. The topological polar surface area (TPSA) is 63.9 Å². The predicted octanol–water partition coefficient (Wildman–Crippen LogP) is 1.72. The quantitative estimate of drug-likeness (QED) is 0.646. The van der Waals surface area contributed by atoms with Crippen LogP contribution in [-0.2, 0) is 16.5 Å². The Morgan fingerprint density at radius 2 is 2.26 bits per heavy atom. The number of guanidine groups is 1. The standard InChI is InChI=1S/C20H31N5O2/c1-3-21-19(23-17-15-5-9-27-18(15)20(17)6-4-7-20)25-8-10-26-16(13-25)14-11-22-24(2)12-14/h11-12,15-18H,3-10,13H2,1-2H3,(H,21,23). The van der Waals surface area contributed by atoms with Crippen molar-refractivity contribution in [1.29, 1.82) is 0 Å². The lowest BCUT2D eigenvalue weighted by Gasteiger charge is -2.63. The van der Waals surface area contributed by atoms with Crippen molar-refractivity contribution in [2.24, 2.45) is 23.4 Å². The first-order valence-electron chi connectivity index (χ1n) is 10.5. The lowest BCUT2D eigenvalue weighted by Crippen LogP contribution is -2.72. The fourth-order valence-electron chi connectivity index (χ4n) is 5.63. The van der Waals surface area contributed by atoms with Crippen molar-refractivity contribution < 1.29 is 9.47 Å². The summed E-state index contributed by atoms with van der Waals surface area (Å²) in [5.74, 6) is 1.71. The zero-order chi connectivity index (χ0) is 18.4. The molecular formula is C20H31N5O2. The van der Waals surface area contributed by atoms with Gasteiger partial charge in [0.25, 0.3) is 0 Å². The van der Waals surface area contributed by atoms with Gasteiger partial charge in [0.05, 0.1) is 25.5 Å². The van der Waals surface area contributed by atoms with Gasteiger partial charge in [-0.3, -0.25) is 9.67 Å². The Hall–Kier alpha value is -1.60. The van der Waals surface area contributed by atoms with Crippen LogP contribution in [0.1, 0.15) is 44.3 Å². The summed E-state index contributed by atoms with van der Waals surface area (Å²) in [7, 11) is 1.95. The third-order valence-corrected chi connectivity index (χ3v) is 7.09. The molecule has 2 saturated heterocycles. The molecule has 4 aliphatic rings. The van der Waals surface area contributed by atoms with E-state index in [1.807, 2.05) is 24.1 Å². The van der Waals surface area contributed by atoms with E-state index < -0.39 is 0 Å². The molecule has 2 aliphatic carbocycles. The van der Waals surface area contributed by atoms with Crippen LogP contribution in [0.5, 0.6) is 0 Å². The SMILES string of the molecule is CCN=C(NC1C2CCOC2C12CCC2)N1CCOC(c2cnn(C)c2)C1. The van der Waals surface area contributed by atoms with E-state index in [1.165, 1.54) is 25.7 Å². The van der Waals surface area contributed by atoms with Crippen LogP contribution < -0.4 is 5.32 Å². The molecule has 4 unspecified atom stereocenters. The monoisotopic (exact) mass is 373 g/mol. The van der Waals surface area contributed by atoms with Crippen LogP contribution in [0.15, 0.2) is 17.4 Å². The van der Waals surface area contributed by atoms with Crippen molar-refractivity contribution in [3.8, 4) is 0 Å². The van der Waals surface area contributed by atoms with E-state index in [9.17, 15) is 0 Å². The predicted molar refractivity (Wildman–Crippen MR) is 103 cm³/mol. The van der Waals surface area contributed by atoms with E-state index in [-0.39, 0.29) is 6.10 Å². The van der Waals surface area contributed by atoms with Gasteiger partial charge in [-0.1, -0.05) is 6.42 Å². The van der Waals surface area contributed by atoms with E-state index in [1.54, 1.807) is 0 Å². The van der Waals surface area contributed by atoms with Crippen LogP contribution in [-0.4, -0.2) is 65.6 Å². The van der Waals surface area contributed by atoms with Gasteiger partial charge >= 0.3 is 0 Å². The van der Waals surface area contributed by atoms with Gasteiger partial charge in [0.1, 0.15) is 6.10 Å². The maximum atomic E-state index is 6.08. The number of aryl methyl sites for hydroxylation is 1. The van der Waals surface area contributed by atoms with Gasteiger partial charge in [0, 0.05) is 55.9 Å². The molecular weight excluding hydrogens is 342 g/mol. The summed E-state index contributed by atoms with van der Waals surface area (Å²) in [5, 5.41) is 8.19. The molecule has 0 aromatic carbocycles. The van der Waals surface area contributed by atoms with Gasteiger partial charge < -0.3 is 19.7 Å². The third kappa shape index (κ3) is 2.78. The number of hydrogen-bond acceptors (Lipinski definition) is 4. The van der Waals surface area contributed by atoms with Crippen LogP contribution in [0, 0.1) is 11.3 Å². The lowest BCUT2D eigenvalue weighted by atomic mass is 9.46. The number of ether oxygens (including phenoxy) is 2. The summed E-state index contributed by atoms with van der Waals surface area (Å²) in [6.45, 7) is 6.25. The van der Waals surface area contributed by atoms with Crippen LogP contribution >= 0.6 is 0 Å². The van der Waals surface area contributed by atoms with E-state index in [4.69, 9.17) is 14.5 Å². The average Bonchev–Trinajstić information content (AvgIpc) is 3.25. The van der Waals surface area contributed by atoms with Crippen LogP contribution in [0.2, 0.25) is 0 Å². The first-order valence-corrected chi connectivity index (χ1v) is 10.5. The van der Waals surface area contributed by atoms with Gasteiger partial charge in [-0.2, -0.15) is 5.10 Å². The number of aliphatic imine (C=N–C) groups is 1. The summed E-state index contributed by atoms with van der Waals surface area (Å²) < 4.78 is 13.9. The molecule has 27 heavy (non-hydrogen) atoms. The minimum Gasteiger partial charge on any atom is -0.377 e. The number of rotatable bonds is 3. The molecule has 4 atom stereocenters. The van der Waals surface area contributed by atoms with E-state index in [0.29, 0.717) is 23.5 Å². The average molecular weight is 374 g/mol. The summed E-state index contributed by atoms with van der Waals surface area (Å²) in [4.78, 5) is 7.23. The second-order valence-corrected chi connectivity index (χ2v) is 8.50. The van der Waals surface area contributed by atoms with Crippen molar-refractivity contribution in [3.05, 3.63) is 18.0 Å². The van der Waals surface area contributed by atoms with E-state index >= 15 is 0 Å². The number of aromatic nitrogens is 2. The molecule has 1 N–H and O–H groups in total. The molecule has 1 aromatic heterocycles. The fraction of sp³-hybridized carbons (Fsp3) is 0.800. The maximum absolute atomic E-state index is 6.08. The molecule has 148 valence electrons. The first-order chi connectivity index (χ1) is 13.2. The van der Waals surface area contributed by atoms with Gasteiger partial charge in [0.15, 0.2) is 5.96 Å². The molecule has 0 bridgehead atoms. The van der Waals surface area contributed by atoms with Gasteiger partial charge in [-0.15, -0.1) is 0 Å². The minimum atomic E-state index is 0.0536. The normalized spacial score (nSPS) is 34.9. The van der Waals surface area contributed by atoms with Crippen LogP contribution in [0.4, 0.5) is 0 Å². The van der Waals surface area contributed by atoms with Crippen molar-refractivity contribution in [2.75, 3.05) is 32.8 Å². The van der Waals surface area contributed by atoms with Gasteiger partial charge in [-0.05, 0) is 26.2 Å². The first kappa shape index (κ1) is 17.5. The summed E-state index contributed by atoms with van der Waals surface area (Å²) in [6, 6.07) is 0.517. The molecule has 5 rings (SSSR count). The summed E-state index contributed by atoms with van der Waals surface area (Å²) in [6.07, 6.45) is 9.62. The molecule has 0 amide bonds. The van der Waals surface area contributed by atoms with Crippen LogP contribution in [0.3, 0.4) is 0 Å². The van der Waals surface area contributed by atoms with E-state index in [0.717, 1.165) is 44.4 Å². The second kappa shape index (κ2) is 6.78. The highest BCUT2D eigenvalue weighted by molar-refractivity contribution is 5.81. The molecule has 4 fully saturated rings. The molecule has 1 spiro atoms. The van der Waals surface area contributed by atoms with Gasteiger partial charge in [-0.25, -0.2) is 0 Å². The number of nitrogens with zero attached hydrogens (tertiary/aromatic N) is 4. The number of fused-ring (bicyclic) bond motifs is 2. The Morgan fingerprint density at radius 1 is 1.37 bits per heavy atom. The Labute approximate surface area is 161 Å². The Morgan fingerprint density at radius 3 is 2.96 bits per heavy atom. The van der Waals surface area contributed by atoms with Crippen molar-refractivity contribution in [1.82, 2.24) is 20.0 Å². The Balaban J connectivity index is 1.31. The smallest absolute Gasteiger partial charge is 0.194 e. The summed E-state index contributed by atoms with van der Waals surface area (Å²) >= 11 is 0. The molecule has 3 heterocycles. The number of hydrogen-bond donors (Lipinski definition) is 1. The number of morpholine rings is 1. The highest BCUT2D eigenvalue weighted by atomic mass is 16.5. The zero-order valence-electron chi connectivity index (χ0n) is 16.4. The Bertz CT molecular complexity index is 713. The van der Waals surface area contributed by atoms with Crippen LogP contribution in [0.25, 0.3) is 0 Å². The highest BCUT2D eigenvalue weighted by Gasteiger charge is 2.66. The third-order valence-electron chi connectivity index (χ3n) is 7.09. The number of nitrogens with one attached hydrogen (secondary N) is 1. The highest BCUT2D eigenvalue weighted by Crippen LogP contribution is 2.62. The largest absolute Gasteiger partial charge is 0.377 e. The fourth-order valence-corrected chi connectivity index (χ4v) is 5.63. The second-order valence-electron chi connectivity index (χ2n) is 8.50. The molecule has 1 aromatic rings. The molecule has 2 saturated carbocycles. The lowest BCUT2D eigenvalue weighted by molar-refractivity contribution is -0.171. The minimum absolute atomic E-state index is 0.0536. The molecule has 7 heteroatoms. The zero-order valence-corrected chi connectivity index (χ0v) is 16.4. The summed E-state index contributed by atoms with van der Waals surface area (Å²) in [5.41, 5.74) is 1.51. The molecule has 0 radical (unpaired) electrons. The van der Waals surface area contributed by atoms with Gasteiger partial charge in [0.2, 0.25) is 0 Å². The van der Waals surface area contributed by atoms with Crippen molar-refractivity contribution in [2.45, 2.75) is 50.9 Å². The van der Waals surface area contributed by atoms with E-state index in [2.05, 4.69) is 22.2 Å². The Kier molecular flexibility index (Phi) is 4.39. The van der Waals surface area contributed by atoms with Crippen molar-refractivity contribution >= 4 is 5.96 Å².